The Balaban J connectivity index is 2.95. The van der Waals surface area contributed by atoms with Gasteiger partial charge in [-0.3, -0.25) is 0 Å². The van der Waals surface area contributed by atoms with Crippen LogP contribution in [0.1, 0.15) is 5.56 Å². The molecule has 0 saturated carbocycles. The summed E-state index contributed by atoms with van der Waals surface area (Å²) in [6.45, 7) is 3.47. The molecule has 0 aliphatic rings. The SMILES string of the molecule is C=CCc1c(O)[n+]([O-])c2ccc(Cl)cn2c1=O. The third kappa shape index (κ3) is 1.74. The summed E-state index contributed by atoms with van der Waals surface area (Å²) in [5.74, 6) is -0.600. The Labute approximate surface area is 101 Å². The fourth-order valence-electron chi connectivity index (χ4n) is 1.59. The zero-order valence-corrected chi connectivity index (χ0v) is 9.52. The van der Waals surface area contributed by atoms with E-state index in [-0.39, 0.29) is 22.4 Å². The number of hydrogen-bond donors (Lipinski definition) is 1. The van der Waals surface area contributed by atoms with Gasteiger partial charge in [-0.05, 0) is 6.07 Å². The minimum Gasteiger partial charge on any atom is -0.708 e. The van der Waals surface area contributed by atoms with E-state index < -0.39 is 11.4 Å². The highest BCUT2D eigenvalue weighted by Crippen LogP contribution is 2.12. The summed E-state index contributed by atoms with van der Waals surface area (Å²) in [6, 6.07) is 2.84. The summed E-state index contributed by atoms with van der Waals surface area (Å²) in [4.78, 5) is 12.0. The lowest BCUT2D eigenvalue weighted by molar-refractivity contribution is -0.590. The molecule has 0 radical (unpaired) electrons. The maximum absolute atomic E-state index is 12.0. The van der Waals surface area contributed by atoms with Gasteiger partial charge >= 0.3 is 5.56 Å². The summed E-state index contributed by atoms with van der Waals surface area (Å²) in [7, 11) is 0. The Bertz CT molecular complexity index is 664. The summed E-state index contributed by atoms with van der Waals surface area (Å²) in [5.41, 5.74) is -0.466. The summed E-state index contributed by atoms with van der Waals surface area (Å²) >= 11 is 5.76. The molecule has 2 heterocycles. The van der Waals surface area contributed by atoms with Gasteiger partial charge in [0.1, 0.15) is 11.8 Å². The highest BCUT2D eigenvalue weighted by Gasteiger charge is 2.19. The van der Waals surface area contributed by atoms with Crippen LogP contribution in [0, 0.1) is 5.21 Å². The lowest BCUT2D eigenvalue weighted by atomic mass is 10.2. The lowest BCUT2D eigenvalue weighted by Gasteiger charge is -2.09. The van der Waals surface area contributed by atoms with Crippen LogP contribution in [0.15, 0.2) is 35.8 Å². The molecule has 2 aromatic heterocycles. The van der Waals surface area contributed by atoms with Crippen LogP contribution >= 0.6 is 11.6 Å². The van der Waals surface area contributed by atoms with Crippen molar-refractivity contribution in [3.63, 3.8) is 0 Å². The second-order valence-electron chi connectivity index (χ2n) is 3.47. The van der Waals surface area contributed by atoms with Gasteiger partial charge in [0.15, 0.2) is 0 Å². The number of nitrogens with zero attached hydrogens (tertiary/aromatic N) is 2. The van der Waals surface area contributed by atoms with Gasteiger partial charge in [-0.25, -0.2) is 4.79 Å². The van der Waals surface area contributed by atoms with Gasteiger partial charge in [-0.15, -0.1) is 6.58 Å². The van der Waals surface area contributed by atoms with Crippen LogP contribution in [0.25, 0.3) is 5.65 Å². The van der Waals surface area contributed by atoms with Crippen LogP contribution in [0.4, 0.5) is 0 Å². The van der Waals surface area contributed by atoms with E-state index in [0.29, 0.717) is 5.02 Å². The van der Waals surface area contributed by atoms with E-state index in [0.717, 1.165) is 4.40 Å². The normalized spacial score (nSPS) is 10.6. The molecule has 0 fully saturated rings. The number of halogens is 1. The number of allylic oxidation sites excluding steroid dienone is 1. The summed E-state index contributed by atoms with van der Waals surface area (Å²) in [5, 5.41) is 21.7. The van der Waals surface area contributed by atoms with E-state index in [1.807, 2.05) is 0 Å². The van der Waals surface area contributed by atoms with Crippen molar-refractivity contribution >= 4 is 17.2 Å². The van der Waals surface area contributed by atoms with Gasteiger partial charge in [0, 0.05) is 12.5 Å². The molecule has 2 aromatic rings. The third-order valence-electron chi connectivity index (χ3n) is 2.39. The van der Waals surface area contributed by atoms with Crippen LogP contribution in [0.2, 0.25) is 5.02 Å². The number of rotatable bonds is 2. The molecule has 6 heteroatoms. The van der Waals surface area contributed by atoms with E-state index in [4.69, 9.17) is 11.6 Å². The maximum Gasteiger partial charge on any atom is 0.349 e. The van der Waals surface area contributed by atoms with Gasteiger partial charge in [0.2, 0.25) is 0 Å². The van der Waals surface area contributed by atoms with Crippen LogP contribution in [-0.2, 0) is 6.42 Å². The minimum absolute atomic E-state index is 0.00485. The number of fused-ring (bicyclic) bond motifs is 1. The molecule has 0 aliphatic heterocycles. The molecule has 17 heavy (non-hydrogen) atoms. The Kier molecular flexibility index (Phi) is 2.77. The van der Waals surface area contributed by atoms with Crippen molar-refractivity contribution in [2.45, 2.75) is 6.42 Å². The van der Waals surface area contributed by atoms with Crippen molar-refractivity contribution in [2.75, 3.05) is 0 Å². The first-order valence-electron chi connectivity index (χ1n) is 4.82. The van der Waals surface area contributed by atoms with Crippen LogP contribution in [0.3, 0.4) is 0 Å². The summed E-state index contributed by atoms with van der Waals surface area (Å²) in [6.07, 6.45) is 2.88. The number of pyridine rings is 1. The van der Waals surface area contributed by atoms with Crippen molar-refractivity contribution in [2.24, 2.45) is 0 Å². The number of hydrogen-bond acceptors (Lipinski definition) is 3. The number of aromatic nitrogens is 2. The fourth-order valence-corrected chi connectivity index (χ4v) is 1.75. The molecule has 88 valence electrons. The highest BCUT2D eigenvalue weighted by atomic mass is 35.5. The van der Waals surface area contributed by atoms with E-state index in [9.17, 15) is 15.1 Å². The van der Waals surface area contributed by atoms with E-state index in [2.05, 4.69) is 6.58 Å². The average Bonchev–Trinajstić information content (AvgIpc) is 2.32. The van der Waals surface area contributed by atoms with Crippen LogP contribution in [0.5, 0.6) is 5.88 Å². The molecule has 2 rings (SSSR count). The molecule has 5 nitrogen and oxygen atoms in total. The van der Waals surface area contributed by atoms with Crippen molar-refractivity contribution in [3.05, 3.63) is 57.1 Å². The molecule has 0 spiro atoms. The smallest absolute Gasteiger partial charge is 0.349 e. The van der Waals surface area contributed by atoms with Crippen molar-refractivity contribution < 1.29 is 9.84 Å². The first-order chi connectivity index (χ1) is 8.06. The predicted molar refractivity (Wildman–Crippen MR) is 63.2 cm³/mol. The first-order valence-corrected chi connectivity index (χ1v) is 5.20. The van der Waals surface area contributed by atoms with Crippen molar-refractivity contribution in [1.29, 1.82) is 0 Å². The fraction of sp³-hybridized carbons (Fsp3) is 0.0909. The molecule has 1 N–H and O–H groups in total. The standard InChI is InChI=1S/C11H9ClN2O3/c1-2-3-8-10(15)13-6-7(12)4-5-9(13)14(17)11(8)16/h2,4-6,16H,1,3H2. The zero-order chi connectivity index (χ0) is 12.6. The van der Waals surface area contributed by atoms with Gasteiger partial charge in [-0.2, -0.15) is 9.13 Å². The van der Waals surface area contributed by atoms with Crippen LogP contribution < -0.4 is 10.3 Å². The monoisotopic (exact) mass is 252 g/mol. The molecule has 0 amide bonds. The van der Waals surface area contributed by atoms with Gasteiger partial charge < -0.3 is 10.3 Å². The highest BCUT2D eigenvalue weighted by molar-refractivity contribution is 6.30. The van der Waals surface area contributed by atoms with Crippen molar-refractivity contribution in [3.8, 4) is 5.88 Å². The van der Waals surface area contributed by atoms with Gasteiger partial charge in [-0.1, -0.05) is 17.7 Å². The Morgan fingerprint density at radius 3 is 2.94 bits per heavy atom. The Morgan fingerprint density at radius 2 is 2.29 bits per heavy atom. The van der Waals surface area contributed by atoms with Crippen LogP contribution in [-0.4, -0.2) is 9.51 Å². The third-order valence-corrected chi connectivity index (χ3v) is 2.61. The molecule has 0 aliphatic carbocycles. The van der Waals surface area contributed by atoms with Gasteiger partial charge in [0.25, 0.3) is 11.5 Å². The second kappa shape index (κ2) is 4.10. The number of aromatic hydroxyl groups is 1. The molecule has 0 saturated heterocycles. The molecule has 0 bridgehead atoms. The molecular weight excluding hydrogens is 244 g/mol. The zero-order valence-electron chi connectivity index (χ0n) is 8.76. The van der Waals surface area contributed by atoms with E-state index in [1.54, 1.807) is 0 Å². The largest absolute Gasteiger partial charge is 0.708 e. The van der Waals surface area contributed by atoms with Crippen molar-refractivity contribution in [1.82, 2.24) is 4.40 Å². The second-order valence-corrected chi connectivity index (χ2v) is 3.91. The Morgan fingerprint density at radius 1 is 1.59 bits per heavy atom. The lowest BCUT2D eigenvalue weighted by Crippen LogP contribution is -2.37. The predicted octanol–water partition coefficient (Wildman–Crippen LogP) is 1.02. The van der Waals surface area contributed by atoms with Gasteiger partial charge in [0.05, 0.1) is 5.02 Å². The molecule has 0 aromatic carbocycles. The maximum atomic E-state index is 12.0. The molecular formula is C11H9ClN2O3. The topological polar surface area (TPSA) is 68.7 Å². The first kappa shape index (κ1) is 11.5. The van der Waals surface area contributed by atoms with E-state index >= 15 is 0 Å². The average molecular weight is 253 g/mol. The van der Waals surface area contributed by atoms with E-state index in [1.165, 1.54) is 24.4 Å². The Hall–Kier alpha value is -2.01. The summed E-state index contributed by atoms with van der Waals surface area (Å²) < 4.78 is 1.39. The molecule has 0 atom stereocenters. The minimum atomic E-state index is -0.600. The quantitative estimate of drug-likeness (QED) is 0.493. The molecule has 0 unspecified atom stereocenters.